The van der Waals surface area contributed by atoms with E-state index in [4.69, 9.17) is 20.7 Å². The molecule has 9 nitrogen and oxygen atoms in total. The van der Waals surface area contributed by atoms with Crippen LogP contribution in [0.3, 0.4) is 0 Å². The van der Waals surface area contributed by atoms with E-state index in [2.05, 4.69) is 21.7 Å². The zero-order chi connectivity index (χ0) is 12.4. The van der Waals surface area contributed by atoms with E-state index in [-0.39, 0.29) is 5.96 Å². The first kappa shape index (κ1) is 15.2. The van der Waals surface area contributed by atoms with E-state index < -0.39 is 5.09 Å². The molecule has 0 aliphatic carbocycles. The smallest absolute Gasteiger partial charge is 0.291 e. The van der Waals surface area contributed by atoms with Crippen LogP contribution < -0.4 is 11.5 Å². The van der Waals surface area contributed by atoms with Crippen LogP contribution in [0, 0.1) is 29.4 Å². The number of aromatic amines is 1. The Balaban J connectivity index is 0. The molecule has 86 valence electrons. The molecule has 0 radical (unpaired) electrons. The highest BCUT2D eigenvalue weighted by Gasteiger charge is 1.84. The summed E-state index contributed by atoms with van der Waals surface area (Å²) in [7, 11) is 0. The molecule has 1 rings (SSSR count). The van der Waals surface area contributed by atoms with Crippen molar-refractivity contribution in [3.63, 3.8) is 0 Å². The number of hydrogen-bond donors (Lipinski definition) is 5. The lowest BCUT2D eigenvalue weighted by molar-refractivity contribution is -0.742. The number of hydrogen-bond acceptors (Lipinski definition) is 4. The van der Waals surface area contributed by atoms with Crippen molar-refractivity contribution in [3.8, 4) is 0 Å². The Hall–Kier alpha value is -2.32. The lowest BCUT2D eigenvalue weighted by Crippen LogP contribution is -2.20. The number of guanidine groups is 1. The first-order valence-electron chi connectivity index (χ1n) is 3.67. The first-order valence-corrected chi connectivity index (χ1v) is 3.67. The van der Waals surface area contributed by atoms with Gasteiger partial charge in [-0.3, -0.25) is 10.5 Å². The minimum Gasteiger partial charge on any atom is -0.370 e. The Kier molecular flexibility index (Phi) is 8.38. The topological polar surface area (TPSA) is 168 Å². The van der Waals surface area contributed by atoms with Gasteiger partial charge in [0.15, 0.2) is 5.96 Å². The zero-order valence-corrected chi connectivity index (χ0v) is 8.39. The van der Waals surface area contributed by atoms with Crippen LogP contribution in [0.4, 0.5) is 0 Å². The van der Waals surface area contributed by atoms with Gasteiger partial charge in [0.1, 0.15) is 0 Å². The van der Waals surface area contributed by atoms with E-state index in [0.29, 0.717) is 0 Å². The summed E-state index contributed by atoms with van der Waals surface area (Å²) >= 11 is 0. The quantitative estimate of drug-likeness (QED) is 0.170. The summed E-state index contributed by atoms with van der Waals surface area (Å²) in [6.45, 7) is 3.95. The van der Waals surface area contributed by atoms with Gasteiger partial charge in [-0.15, -0.1) is 10.1 Å². The molecule has 0 atom stereocenters. The van der Waals surface area contributed by atoms with Crippen LogP contribution in [0.2, 0.25) is 0 Å². The molecule has 0 aliphatic heterocycles. The van der Waals surface area contributed by atoms with E-state index in [1.807, 2.05) is 19.9 Å². The van der Waals surface area contributed by atoms with Gasteiger partial charge in [0.25, 0.3) is 5.09 Å². The van der Waals surface area contributed by atoms with E-state index in [9.17, 15) is 0 Å². The number of aryl methyl sites for hydroxylation is 2. The highest BCUT2D eigenvalue weighted by molar-refractivity contribution is 5.71. The van der Waals surface area contributed by atoms with Crippen LogP contribution in [0.1, 0.15) is 11.4 Å². The molecule has 9 heteroatoms. The number of nitrogens with two attached hydrogens (primary N) is 2. The number of H-pyrrole nitrogens is 1. The van der Waals surface area contributed by atoms with Crippen molar-refractivity contribution in [3.05, 3.63) is 27.6 Å². The Morgan fingerprint density at radius 1 is 1.67 bits per heavy atom. The molecular formula is C6H14N6O3. The third-order valence-electron chi connectivity index (χ3n) is 0.834. The fourth-order valence-electron chi connectivity index (χ4n) is 0.554. The molecule has 7 N–H and O–H groups in total. The minimum absolute atomic E-state index is 0.333. The molecule has 0 bridgehead atoms. The average molecular weight is 218 g/mol. The molecule has 0 spiro atoms. The Morgan fingerprint density at radius 2 is 2.00 bits per heavy atom. The molecule has 0 aromatic carbocycles. The maximum Gasteiger partial charge on any atom is 0.291 e. The molecule has 1 aromatic rings. The van der Waals surface area contributed by atoms with Crippen LogP contribution in [0.25, 0.3) is 0 Å². The van der Waals surface area contributed by atoms with Gasteiger partial charge in [-0.2, -0.15) is 5.10 Å². The Morgan fingerprint density at radius 3 is 2.07 bits per heavy atom. The van der Waals surface area contributed by atoms with Gasteiger partial charge < -0.3 is 16.7 Å². The molecule has 1 aromatic heterocycles. The van der Waals surface area contributed by atoms with Crippen molar-refractivity contribution in [1.82, 2.24) is 10.2 Å². The molecule has 0 saturated carbocycles. The molecule has 15 heavy (non-hydrogen) atoms. The summed E-state index contributed by atoms with van der Waals surface area (Å²) in [6.07, 6.45) is 0. The van der Waals surface area contributed by atoms with Crippen LogP contribution in [-0.4, -0.2) is 26.5 Å². The van der Waals surface area contributed by atoms with E-state index >= 15 is 0 Å². The molecule has 0 unspecified atom stereocenters. The third kappa shape index (κ3) is 24.5. The number of nitrogens with zero attached hydrogens (tertiary/aromatic N) is 2. The van der Waals surface area contributed by atoms with Gasteiger partial charge >= 0.3 is 0 Å². The largest absolute Gasteiger partial charge is 0.370 e. The van der Waals surface area contributed by atoms with Gasteiger partial charge in [-0.25, -0.2) is 0 Å². The van der Waals surface area contributed by atoms with E-state index in [1.165, 1.54) is 0 Å². The highest BCUT2D eigenvalue weighted by Crippen LogP contribution is 1.92. The van der Waals surface area contributed by atoms with Crippen molar-refractivity contribution in [1.29, 1.82) is 5.41 Å². The molecular weight excluding hydrogens is 204 g/mol. The molecule has 0 fully saturated rings. The van der Waals surface area contributed by atoms with Gasteiger partial charge in [-0.05, 0) is 19.9 Å². The van der Waals surface area contributed by atoms with Crippen molar-refractivity contribution < 1.29 is 10.3 Å². The number of rotatable bonds is 0. The van der Waals surface area contributed by atoms with Crippen molar-refractivity contribution in [2.45, 2.75) is 13.8 Å². The van der Waals surface area contributed by atoms with Crippen LogP contribution in [0.15, 0.2) is 6.07 Å². The standard InChI is InChI=1S/C5H8N2.CH5N3.HNO3/c1-4-3-5(2)7-6-4;2*2-1(3)4/h3H,1-2H3,(H,6,7);(H5,2,3,4);(H,2,3,4). The maximum absolute atomic E-state index is 8.36. The van der Waals surface area contributed by atoms with Crippen LogP contribution in [-0.2, 0) is 0 Å². The summed E-state index contributed by atoms with van der Waals surface area (Å²) in [4.78, 5) is 8.36. The highest BCUT2D eigenvalue weighted by atomic mass is 16.9. The lowest BCUT2D eigenvalue weighted by atomic mass is 10.4. The molecule has 0 aliphatic rings. The van der Waals surface area contributed by atoms with Crippen molar-refractivity contribution in [2.75, 3.05) is 0 Å². The summed E-state index contributed by atoms with van der Waals surface area (Å²) < 4.78 is 0. The predicted molar refractivity (Wildman–Crippen MR) is 52.9 cm³/mol. The predicted octanol–water partition coefficient (Wildman–Crippen LogP) is -0.483. The minimum atomic E-state index is -1.50. The monoisotopic (exact) mass is 218 g/mol. The Bertz CT molecular complexity index is 273. The van der Waals surface area contributed by atoms with E-state index in [0.717, 1.165) is 11.4 Å². The van der Waals surface area contributed by atoms with Crippen molar-refractivity contribution >= 4 is 5.96 Å². The average Bonchev–Trinajstić information content (AvgIpc) is 2.31. The van der Waals surface area contributed by atoms with Gasteiger partial charge in [0.05, 0.1) is 5.69 Å². The second-order valence-corrected chi connectivity index (χ2v) is 2.39. The molecule has 0 amide bonds. The SMILES string of the molecule is Cc1cc(C)[nH]n1.N=C(N)N.O=[N+]([O-])O. The first-order chi connectivity index (χ1) is 6.75. The summed E-state index contributed by atoms with van der Waals surface area (Å²) in [6, 6.07) is 2.00. The summed E-state index contributed by atoms with van der Waals surface area (Å²) in [5.41, 5.74) is 11.1. The van der Waals surface area contributed by atoms with Gasteiger partial charge in [0, 0.05) is 5.69 Å². The fourth-order valence-corrected chi connectivity index (χ4v) is 0.554. The maximum atomic E-state index is 8.36. The van der Waals surface area contributed by atoms with E-state index in [1.54, 1.807) is 0 Å². The number of nitrogens with one attached hydrogen (secondary N) is 2. The number of aromatic nitrogens is 2. The lowest BCUT2D eigenvalue weighted by Gasteiger charge is -1.69. The summed E-state index contributed by atoms with van der Waals surface area (Å²) in [5, 5.41) is 26.4. The second-order valence-electron chi connectivity index (χ2n) is 2.39. The molecule has 0 saturated heterocycles. The van der Waals surface area contributed by atoms with Crippen LogP contribution >= 0.6 is 0 Å². The fraction of sp³-hybridized carbons (Fsp3) is 0.333. The second kappa shape index (κ2) is 8.29. The van der Waals surface area contributed by atoms with Crippen molar-refractivity contribution in [2.24, 2.45) is 11.5 Å². The summed E-state index contributed by atoms with van der Waals surface area (Å²) in [5.74, 6) is -0.333. The Labute approximate surface area is 85.7 Å². The molecule has 1 heterocycles. The van der Waals surface area contributed by atoms with Gasteiger partial charge in [-0.1, -0.05) is 0 Å². The van der Waals surface area contributed by atoms with Gasteiger partial charge in [0.2, 0.25) is 0 Å². The van der Waals surface area contributed by atoms with Crippen LogP contribution in [0.5, 0.6) is 0 Å². The third-order valence-corrected chi connectivity index (χ3v) is 0.834. The normalized spacial score (nSPS) is 7.60. The zero-order valence-electron chi connectivity index (χ0n) is 8.39.